The summed E-state index contributed by atoms with van der Waals surface area (Å²) in [6.45, 7) is 2.93. The van der Waals surface area contributed by atoms with Crippen LogP contribution >= 0.6 is 0 Å². The van der Waals surface area contributed by atoms with Gasteiger partial charge in [0.15, 0.2) is 0 Å². The third-order valence-electron chi connectivity index (χ3n) is 4.02. The fourth-order valence-electron chi connectivity index (χ4n) is 2.62. The smallest absolute Gasteiger partial charge is 0.315 e. The number of piperidine rings is 1. The van der Waals surface area contributed by atoms with E-state index in [4.69, 9.17) is 0 Å². The normalized spacial score (nSPS) is 18.7. The summed E-state index contributed by atoms with van der Waals surface area (Å²) in [4.78, 5) is 14.0. The summed E-state index contributed by atoms with van der Waals surface area (Å²) < 4.78 is 0. The van der Waals surface area contributed by atoms with Crippen LogP contribution in [0.5, 0.6) is 0 Å². The largest absolute Gasteiger partial charge is 0.372 e. The lowest BCUT2D eigenvalue weighted by Gasteiger charge is -2.28. The number of carbonyl (C=O) groups excluding carboxylic acids is 1. The zero-order chi connectivity index (χ0) is 13.8. The molecule has 108 valence electrons. The lowest BCUT2D eigenvalue weighted by atomic mass is 10.1. The van der Waals surface area contributed by atoms with Gasteiger partial charge in [-0.1, -0.05) is 12.1 Å². The standard InChI is InChI=1S/C16H23N3O/c20-16(18-14-6-7-14)17-12-13-4-8-15(9-5-13)19-10-2-1-3-11-19/h4-5,8-9,14H,1-3,6-7,10-12H2,(H2,17,18,20). The van der Waals surface area contributed by atoms with E-state index >= 15 is 0 Å². The number of rotatable bonds is 4. The summed E-state index contributed by atoms with van der Waals surface area (Å²) in [5.74, 6) is 0. The molecule has 3 rings (SSSR count). The number of benzene rings is 1. The maximum absolute atomic E-state index is 11.6. The van der Waals surface area contributed by atoms with Crippen molar-refractivity contribution in [3.05, 3.63) is 29.8 Å². The number of urea groups is 1. The highest BCUT2D eigenvalue weighted by Crippen LogP contribution is 2.20. The fourth-order valence-corrected chi connectivity index (χ4v) is 2.62. The molecule has 2 amide bonds. The molecule has 0 atom stereocenters. The van der Waals surface area contributed by atoms with Gasteiger partial charge in [0.25, 0.3) is 0 Å². The highest BCUT2D eigenvalue weighted by Gasteiger charge is 2.22. The second kappa shape index (κ2) is 6.16. The Bertz CT molecular complexity index is 447. The number of amides is 2. The molecule has 2 N–H and O–H groups in total. The molecule has 1 saturated heterocycles. The molecule has 0 bridgehead atoms. The lowest BCUT2D eigenvalue weighted by Crippen LogP contribution is -2.36. The van der Waals surface area contributed by atoms with Gasteiger partial charge in [-0.2, -0.15) is 0 Å². The summed E-state index contributed by atoms with van der Waals surface area (Å²) in [5, 5.41) is 5.83. The molecule has 20 heavy (non-hydrogen) atoms. The van der Waals surface area contributed by atoms with Crippen LogP contribution < -0.4 is 15.5 Å². The number of nitrogens with zero attached hydrogens (tertiary/aromatic N) is 1. The van der Waals surface area contributed by atoms with Crippen LogP contribution in [0.1, 0.15) is 37.7 Å². The van der Waals surface area contributed by atoms with Gasteiger partial charge in [-0.3, -0.25) is 0 Å². The van der Waals surface area contributed by atoms with Crippen molar-refractivity contribution in [3.63, 3.8) is 0 Å². The first-order valence-corrected chi connectivity index (χ1v) is 7.69. The Morgan fingerprint density at radius 2 is 1.80 bits per heavy atom. The monoisotopic (exact) mass is 273 g/mol. The Hall–Kier alpha value is -1.71. The third-order valence-corrected chi connectivity index (χ3v) is 4.02. The number of hydrogen-bond acceptors (Lipinski definition) is 2. The first-order chi connectivity index (χ1) is 9.81. The van der Waals surface area contributed by atoms with Gasteiger partial charge < -0.3 is 15.5 Å². The summed E-state index contributed by atoms with van der Waals surface area (Å²) in [6, 6.07) is 8.93. The highest BCUT2D eigenvalue weighted by atomic mass is 16.2. The van der Waals surface area contributed by atoms with Crippen LogP contribution in [0.15, 0.2) is 24.3 Å². The van der Waals surface area contributed by atoms with Crippen molar-refractivity contribution in [3.8, 4) is 0 Å². The van der Waals surface area contributed by atoms with Crippen molar-refractivity contribution in [1.82, 2.24) is 10.6 Å². The molecular weight excluding hydrogens is 250 g/mol. The molecule has 4 heteroatoms. The molecule has 1 aliphatic heterocycles. The van der Waals surface area contributed by atoms with Gasteiger partial charge in [0.2, 0.25) is 0 Å². The van der Waals surface area contributed by atoms with Gasteiger partial charge in [-0.05, 0) is 49.8 Å². The predicted molar refractivity (Wildman–Crippen MR) is 80.9 cm³/mol. The molecule has 2 fully saturated rings. The molecule has 1 heterocycles. The van der Waals surface area contributed by atoms with Gasteiger partial charge >= 0.3 is 6.03 Å². The van der Waals surface area contributed by atoms with Gasteiger partial charge in [-0.25, -0.2) is 4.79 Å². The fraction of sp³-hybridized carbons (Fsp3) is 0.562. The van der Waals surface area contributed by atoms with Gasteiger partial charge in [0.1, 0.15) is 0 Å². The van der Waals surface area contributed by atoms with E-state index < -0.39 is 0 Å². The first kappa shape index (κ1) is 13.3. The zero-order valence-corrected chi connectivity index (χ0v) is 11.9. The second-order valence-electron chi connectivity index (χ2n) is 5.82. The van der Waals surface area contributed by atoms with Crippen molar-refractivity contribution in [1.29, 1.82) is 0 Å². The molecule has 1 aromatic rings. The van der Waals surface area contributed by atoms with Crippen LogP contribution in [0.3, 0.4) is 0 Å². The molecule has 1 aromatic carbocycles. The van der Waals surface area contributed by atoms with Crippen molar-refractivity contribution in [2.75, 3.05) is 18.0 Å². The molecule has 0 aromatic heterocycles. The number of carbonyl (C=O) groups is 1. The van der Waals surface area contributed by atoms with Crippen molar-refractivity contribution in [2.24, 2.45) is 0 Å². The second-order valence-corrected chi connectivity index (χ2v) is 5.82. The van der Waals surface area contributed by atoms with E-state index in [0.29, 0.717) is 12.6 Å². The average molecular weight is 273 g/mol. The molecule has 2 aliphatic rings. The van der Waals surface area contributed by atoms with Crippen LogP contribution in [0, 0.1) is 0 Å². The molecule has 0 unspecified atom stereocenters. The van der Waals surface area contributed by atoms with E-state index in [1.165, 1.54) is 38.0 Å². The maximum atomic E-state index is 11.6. The van der Waals surface area contributed by atoms with Crippen molar-refractivity contribution in [2.45, 2.75) is 44.7 Å². The molecule has 0 radical (unpaired) electrons. The Kier molecular flexibility index (Phi) is 4.09. The quantitative estimate of drug-likeness (QED) is 0.885. The Balaban J connectivity index is 1.48. The maximum Gasteiger partial charge on any atom is 0.315 e. The minimum atomic E-state index is -0.0485. The van der Waals surface area contributed by atoms with E-state index in [2.05, 4.69) is 39.8 Å². The van der Waals surface area contributed by atoms with Gasteiger partial charge in [0.05, 0.1) is 0 Å². The van der Waals surface area contributed by atoms with Crippen LogP contribution in [0.4, 0.5) is 10.5 Å². The van der Waals surface area contributed by atoms with E-state index in [1.54, 1.807) is 0 Å². The van der Waals surface area contributed by atoms with Crippen LogP contribution in [0.25, 0.3) is 0 Å². The Morgan fingerprint density at radius 1 is 1.10 bits per heavy atom. The van der Waals surface area contributed by atoms with E-state index in [0.717, 1.165) is 18.4 Å². The predicted octanol–water partition coefficient (Wildman–Crippen LogP) is 2.64. The Labute approximate surface area is 120 Å². The SMILES string of the molecule is O=C(NCc1ccc(N2CCCCC2)cc1)NC1CC1. The lowest BCUT2D eigenvalue weighted by molar-refractivity contribution is 0.240. The van der Waals surface area contributed by atoms with E-state index in [1.807, 2.05) is 0 Å². The molecule has 0 spiro atoms. The topological polar surface area (TPSA) is 44.4 Å². The number of anilines is 1. The third kappa shape index (κ3) is 3.65. The summed E-state index contributed by atoms with van der Waals surface area (Å²) in [6.07, 6.45) is 6.19. The van der Waals surface area contributed by atoms with Crippen molar-refractivity contribution < 1.29 is 4.79 Å². The summed E-state index contributed by atoms with van der Waals surface area (Å²) in [5.41, 5.74) is 2.45. The zero-order valence-electron chi connectivity index (χ0n) is 11.9. The van der Waals surface area contributed by atoms with Crippen LogP contribution in [-0.4, -0.2) is 25.2 Å². The molecule has 1 saturated carbocycles. The summed E-state index contributed by atoms with van der Waals surface area (Å²) >= 11 is 0. The minimum absolute atomic E-state index is 0.0485. The number of nitrogens with one attached hydrogen (secondary N) is 2. The minimum Gasteiger partial charge on any atom is -0.372 e. The summed E-state index contributed by atoms with van der Waals surface area (Å²) in [7, 11) is 0. The average Bonchev–Trinajstić information content (AvgIpc) is 3.31. The number of hydrogen-bond donors (Lipinski definition) is 2. The van der Waals surface area contributed by atoms with Crippen molar-refractivity contribution >= 4 is 11.7 Å². The highest BCUT2D eigenvalue weighted by molar-refractivity contribution is 5.74. The van der Waals surface area contributed by atoms with E-state index in [-0.39, 0.29) is 6.03 Å². The van der Waals surface area contributed by atoms with Crippen LogP contribution in [-0.2, 0) is 6.54 Å². The Morgan fingerprint density at radius 3 is 2.45 bits per heavy atom. The first-order valence-electron chi connectivity index (χ1n) is 7.69. The van der Waals surface area contributed by atoms with Crippen LogP contribution in [0.2, 0.25) is 0 Å². The molecular formula is C16H23N3O. The van der Waals surface area contributed by atoms with Gasteiger partial charge in [0, 0.05) is 31.4 Å². The molecule has 1 aliphatic carbocycles. The van der Waals surface area contributed by atoms with E-state index in [9.17, 15) is 4.79 Å². The molecule has 4 nitrogen and oxygen atoms in total. The van der Waals surface area contributed by atoms with Gasteiger partial charge in [-0.15, -0.1) is 0 Å².